The lowest BCUT2D eigenvalue weighted by Gasteiger charge is -2.24. The Labute approximate surface area is 116 Å². The molecule has 1 aliphatic rings. The van der Waals surface area contributed by atoms with Crippen LogP contribution in [0.2, 0.25) is 0 Å². The van der Waals surface area contributed by atoms with Crippen LogP contribution in [0.3, 0.4) is 0 Å². The number of halogens is 1. The Bertz CT molecular complexity index is 397. The van der Waals surface area contributed by atoms with Gasteiger partial charge in [0.1, 0.15) is 11.6 Å². The van der Waals surface area contributed by atoms with Crippen LogP contribution < -0.4 is 5.32 Å². The highest BCUT2D eigenvalue weighted by atomic mass is 32.2. The lowest BCUT2D eigenvalue weighted by atomic mass is 10.1. The van der Waals surface area contributed by atoms with Gasteiger partial charge in [0.05, 0.1) is 0 Å². The standard InChI is InChI=1S/C13H18FNOS2/c1-9(12-6-10(14)2-3-13(12)16)15-7-11-8-17-4-5-18-11/h2-3,6,9,11,15-16H,4-5,7-8H2,1H3. The molecule has 2 atom stereocenters. The van der Waals surface area contributed by atoms with Crippen LogP contribution in [0, 0.1) is 5.82 Å². The van der Waals surface area contributed by atoms with Gasteiger partial charge in [-0.1, -0.05) is 0 Å². The zero-order valence-electron chi connectivity index (χ0n) is 10.4. The molecule has 0 aromatic heterocycles. The molecule has 0 amide bonds. The predicted molar refractivity (Wildman–Crippen MR) is 78.1 cm³/mol. The Morgan fingerprint density at radius 2 is 2.33 bits per heavy atom. The molecule has 0 saturated carbocycles. The molecule has 1 aromatic rings. The fourth-order valence-corrected chi connectivity index (χ4v) is 4.57. The molecule has 18 heavy (non-hydrogen) atoms. The van der Waals surface area contributed by atoms with E-state index in [1.54, 1.807) is 0 Å². The zero-order valence-corrected chi connectivity index (χ0v) is 12.0. The molecule has 1 fully saturated rings. The molecule has 2 unspecified atom stereocenters. The second-order valence-corrected chi connectivity index (χ2v) is 6.96. The van der Waals surface area contributed by atoms with E-state index in [4.69, 9.17) is 0 Å². The Kier molecular flexibility index (Phi) is 5.21. The van der Waals surface area contributed by atoms with E-state index in [9.17, 15) is 9.50 Å². The third-order valence-corrected chi connectivity index (χ3v) is 5.84. The van der Waals surface area contributed by atoms with Crippen LogP contribution in [0.25, 0.3) is 0 Å². The fraction of sp³-hybridized carbons (Fsp3) is 0.538. The normalized spacial score (nSPS) is 21.8. The molecule has 1 aliphatic heterocycles. The highest BCUT2D eigenvalue weighted by Crippen LogP contribution is 2.27. The van der Waals surface area contributed by atoms with Gasteiger partial charge in [0.25, 0.3) is 0 Å². The van der Waals surface area contributed by atoms with Crippen molar-refractivity contribution < 1.29 is 9.50 Å². The van der Waals surface area contributed by atoms with E-state index in [-0.39, 0.29) is 17.6 Å². The summed E-state index contributed by atoms with van der Waals surface area (Å²) < 4.78 is 13.2. The summed E-state index contributed by atoms with van der Waals surface area (Å²) in [6.45, 7) is 2.85. The number of phenolic OH excluding ortho intramolecular Hbond substituents is 1. The summed E-state index contributed by atoms with van der Waals surface area (Å²) >= 11 is 3.97. The molecule has 2 nitrogen and oxygen atoms in total. The summed E-state index contributed by atoms with van der Waals surface area (Å²) in [5, 5.41) is 13.7. The number of rotatable bonds is 4. The molecule has 0 radical (unpaired) electrons. The van der Waals surface area contributed by atoms with Crippen molar-refractivity contribution >= 4 is 23.5 Å². The summed E-state index contributed by atoms with van der Waals surface area (Å²) in [6, 6.07) is 4.05. The Hall–Kier alpha value is -0.390. The highest BCUT2D eigenvalue weighted by molar-refractivity contribution is 8.06. The van der Waals surface area contributed by atoms with E-state index < -0.39 is 0 Å². The first-order chi connectivity index (χ1) is 8.66. The maximum absolute atomic E-state index is 13.2. The van der Waals surface area contributed by atoms with Gasteiger partial charge in [0.15, 0.2) is 0 Å². The lowest BCUT2D eigenvalue weighted by molar-refractivity contribution is 0.450. The van der Waals surface area contributed by atoms with Crippen LogP contribution in [-0.2, 0) is 0 Å². The lowest BCUT2D eigenvalue weighted by Crippen LogP contribution is -2.30. The van der Waals surface area contributed by atoms with Crippen molar-refractivity contribution in [3.63, 3.8) is 0 Å². The van der Waals surface area contributed by atoms with Gasteiger partial charge in [-0.3, -0.25) is 0 Å². The van der Waals surface area contributed by atoms with E-state index >= 15 is 0 Å². The first-order valence-corrected chi connectivity index (χ1v) is 8.28. The average Bonchev–Trinajstić information content (AvgIpc) is 2.40. The second-order valence-electron chi connectivity index (χ2n) is 4.40. The monoisotopic (exact) mass is 287 g/mol. The maximum Gasteiger partial charge on any atom is 0.123 e. The largest absolute Gasteiger partial charge is 0.508 e. The molecule has 5 heteroatoms. The Balaban J connectivity index is 1.90. The number of aromatic hydroxyl groups is 1. The SMILES string of the molecule is CC(NCC1CSCCS1)c1cc(F)ccc1O. The van der Waals surface area contributed by atoms with E-state index in [2.05, 4.69) is 5.32 Å². The first kappa shape index (κ1) is 14.0. The van der Waals surface area contributed by atoms with Gasteiger partial charge in [-0.25, -0.2) is 4.39 Å². The van der Waals surface area contributed by atoms with Crippen molar-refractivity contribution in [2.45, 2.75) is 18.2 Å². The third kappa shape index (κ3) is 3.80. The average molecular weight is 287 g/mol. The summed E-state index contributed by atoms with van der Waals surface area (Å²) in [5.41, 5.74) is 0.628. The van der Waals surface area contributed by atoms with Crippen molar-refractivity contribution in [1.82, 2.24) is 5.32 Å². The molecule has 2 N–H and O–H groups in total. The summed E-state index contributed by atoms with van der Waals surface area (Å²) in [6.07, 6.45) is 0. The number of thioether (sulfide) groups is 2. The molecule has 0 bridgehead atoms. The molecular weight excluding hydrogens is 269 g/mol. The Morgan fingerprint density at radius 1 is 1.50 bits per heavy atom. The minimum atomic E-state index is -0.306. The van der Waals surface area contributed by atoms with E-state index in [0.29, 0.717) is 10.8 Å². The number of hydrogen-bond donors (Lipinski definition) is 2. The fourth-order valence-electron chi connectivity index (χ4n) is 1.94. The van der Waals surface area contributed by atoms with Gasteiger partial charge < -0.3 is 10.4 Å². The van der Waals surface area contributed by atoms with E-state index in [0.717, 1.165) is 6.54 Å². The maximum atomic E-state index is 13.2. The summed E-state index contributed by atoms with van der Waals surface area (Å²) in [5.74, 6) is 3.46. The van der Waals surface area contributed by atoms with Gasteiger partial charge in [-0.05, 0) is 25.1 Å². The number of nitrogens with one attached hydrogen (secondary N) is 1. The molecule has 1 saturated heterocycles. The van der Waals surface area contributed by atoms with Gasteiger partial charge in [-0.2, -0.15) is 23.5 Å². The minimum Gasteiger partial charge on any atom is -0.508 e. The molecule has 0 spiro atoms. The van der Waals surface area contributed by atoms with Crippen molar-refractivity contribution in [3.05, 3.63) is 29.6 Å². The molecular formula is C13H18FNOS2. The van der Waals surface area contributed by atoms with Gasteiger partial charge >= 0.3 is 0 Å². The van der Waals surface area contributed by atoms with Crippen LogP contribution in [0.1, 0.15) is 18.5 Å². The van der Waals surface area contributed by atoms with Crippen molar-refractivity contribution in [3.8, 4) is 5.75 Å². The van der Waals surface area contributed by atoms with Gasteiger partial charge in [-0.15, -0.1) is 0 Å². The van der Waals surface area contributed by atoms with E-state index in [1.807, 2.05) is 30.4 Å². The van der Waals surface area contributed by atoms with Crippen LogP contribution in [0.15, 0.2) is 18.2 Å². The van der Waals surface area contributed by atoms with Gasteiger partial charge in [0.2, 0.25) is 0 Å². The number of hydrogen-bond acceptors (Lipinski definition) is 4. The van der Waals surface area contributed by atoms with Crippen LogP contribution >= 0.6 is 23.5 Å². The molecule has 1 aromatic carbocycles. The van der Waals surface area contributed by atoms with Crippen LogP contribution in [0.5, 0.6) is 5.75 Å². The van der Waals surface area contributed by atoms with Gasteiger partial charge in [0, 0.05) is 40.7 Å². The topological polar surface area (TPSA) is 32.3 Å². The van der Waals surface area contributed by atoms with Crippen molar-refractivity contribution in [2.24, 2.45) is 0 Å². The summed E-state index contributed by atoms with van der Waals surface area (Å²) in [4.78, 5) is 0. The first-order valence-electron chi connectivity index (χ1n) is 6.08. The molecule has 2 rings (SSSR count). The van der Waals surface area contributed by atoms with E-state index in [1.165, 1.54) is 35.5 Å². The quantitative estimate of drug-likeness (QED) is 0.891. The molecule has 1 heterocycles. The molecule has 0 aliphatic carbocycles. The number of phenols is 1. The van der Waals surface area contributed by atoms with Crippen LogP contribution in [0.4, 0.5) is 4.39 Å². The van der Waals surface area contributed by atoms with Crippen LogP contribution in [-0.4, -0.2) is 34.2 Å². The highest BCUT2D eigenvalue weighted by Gasteiger charge is 2.17. The molecule has 100 valence electrons. The zero-order chi connectivity index (χ0) is 13.0. The number of benzene rings is 1. The second kappa shape index (κ2) is 6.68. The predicted octanol–water partition coefficient (Wildman–Crippen LogP) is 3.03. The smallest absolute Gasteiger partial charge is 0.123 e. The Morgan fingerprint density at radius 3 is 3.06 bits per heavy atom. The minimum absolute atomic E-state index is 0.0340. The summed E-state index contributed by atoms with van der Waals surface area (Å²) in [7, 11) is 0. The third-order valence-electron chi connectivity index (χ3n) is 2.99. The van der Waals surface area contributed by atoms with Crippen molar-refractivity contribution in [1.29, 1.82) is 0 Å². The van der Waals surface area contributed by atoms with Crippen molar-refractivity contribution in [2.75, 3.05) is 23.8 Å².